The SMILES string of the molecule is CCc1nn(CC)c(CNC2CCCC(C)C2)c1Cl. The summed E-state index contributed by atoms with van der Waals surface area (Å²) in [5, 5.41) is 9.11. The maximum atomic E-state index is 6.43. The third-order valence-electron chi connectivity index (χ3n) is 4.19. The molecule has 1 aromatic heterocycles. The second-order valence-corrected chi connectivity index (χ2v) is 6.10. The standard InChI is InChI=1S/C15H26ClN3/c1-4-13-15(16)14(19(5-2)18-13)10-17-12-8-6-7-11(3)9-12/h11-12,17H,4-10H2,1-3H3. The Bertz CT molecular complexity index is 414. The fourth-order valence-corrected chi connectivity index (χ4v) is 3.38. The van der Waals surface area contributed by atoms with E-state index in [0.717, 1.165) is 41.8 Å². The second kappa shape index (κ2) is 6.76. The van der Waals surface area contributed by atoms with Gasteiger partial charge in [-0.05, 0) is 32.1 Å². The zero-order chi connectivity index (χ0) is 13.8. The zero-order valence-corrected chi connectivity index (χ0v) is 13.1. The van der Waals surface area contributed by atoms with Crippen LogP contribution in [0, 0.1) is 5.92 Å². The number of rotatable bonds is 5. The fourth-order valence-electron chi connectivity index (χ4n) is 3.05. The monoisotopic (exact) mass is 283 g/mol. The van der Waals surface area contributed by atoms with Crippen LogP contribution in [0.2, 0.25) is 5.02 Å². The molecule has 3 nitrogen and oxygen atoms in total. The van der Waals surface area contributed by atoms with Crippen molar-refractivity contribution >= 4 is 11.6 Å². The molecule has 0 saturated heterocycles. The van der Waals surface area contributed by atoms with E-state index < -0.39 is 0 Å². The van der Waals surface area contributed by atoms with Crippen LogP contribution in [0.3, 0.4) is 0 Å². The molecule has 0 spiro atoms. The molecule has 1 aliphatic rings. The number of halogens is 1. The molecule has 1 fully saturated rings. The lowest BCUT2D eigenvalue weighted by Gasteiger charge is -2.27. The van der Waals surface area contributed by atoms with Crippen LogP contribution in [-0.2, 0) is 19.5 Å². The number of hydrogen-bond acceptors (Lipinski definition) is 2. The van der Waals surface area contributed by atoms with Crippen LogP contribution in [0.15, 0.2) is 0 Å². The zero-order valence-electron chi connectivity index (χ0n) is 12.4. The van der Waals surface area contributed by atoms with Crippen LogP contribution < -0.4 is 5.32 Å². The van der Waals surface area contributed by atoms with Gasteiger partial charge in [-0.1, -0.05) is 38.3 Å². The van der Waals surface area contributed by atoms with Gasteiger partial charge in [0.1, 0.15) is 0 Å². The minimum Gasteiger partial charge on any atom is -0.308 e. The van der Waals surface area contributed by atoms with E-state index in [-0.39, 0.29) is 0 Å². The van der Waals surface area contributed by atoms with E-state index in [2.05, 4.69) is 31.2 Å². The summed E-state index contributed by atoms with van der Waals surface area (Å²) >= 11 is 6.43. The summed E-state index contributed by atoms with van der Waals surface area (Å²) in [6.07, 6.45) is 6.21. The van der Waals surface area contributed by atoms with Crippen molar-refractivity contribution in [1.82, 2.24) is 15.1 Å². The molecule has 1 saturated carbocycles. The third kappa shape index (κ3) is 3.51. The molecule has 1 heterocycles. The molecule has 0 bridgehead atoms. The summed E-state index contributed by atoms with van der Waals surface area (Å²) in [6.45, 7) is 8.31. The predicted octanol–water partition coefficient (Wildman–Crippen LogP) is 3.79. The van der Waals surface area contributed by atoms with Gasteiger partial charge < -0.3 is 5.32 Å². The highest BCUT2D eigenvalue weighted by molar-refractivity contribution is 6.31. The van der Waals surface area contributed by atoms with Crippen molar-refractivity contribution in [2.24, 2.45) is 5.92 Å². The molecule has 2 rings (SSSR count). The fraction of sp³-hybridized carbons (Fsp3) is 0.800. The maximum absolute atomic E-state index is 6.43. The van der Waals surface area contributed by atoms with E-state index >= 15 is 0 Å². The van der Waals surface area contributed by atoms with Gasteiger partial charge in [-0.15, -0.1) is 0 Å². The number of nitrogens with one attached hydrogen (secondary N) is 1. The minimum absolute atomic E-state index is 0.644. The number of aromatic nitrogens is 2. The lowest BCUT2D eigenvalue weighted by molar-refractivity contribution is 0.298. The molecule has 0 amide bonds. The molecule has 0 radical (unpaired) electrons. The van der Waals surface area contributed by atoms with Crippen LogP contribution in [-0.4, -0.2) is 15.8 Å². The normalized spacial score (nSPS) is 23.8. The van der Waals surface area contributed by atoms with Crippen LogP contribution in [0.25, 0.3) is 0 Å². The molecule has 1 N–H and O–H groups in total. The van der Waals surface area contributed by atoms with Gasteiger partial charge in [0, 0.05) is 19.1 Å². The topological polar surface area (TPSA) is 29.9 Å². The van der Waals surface area contributed by atoms with Gasteiger partial charge in [0.15, 0.2) is 0 Å². The van der Waals surface area contributed by atoms with Gasteiger partial charge in [-0.3, -0.25) is 4.68 Å². The number of aryl methyl sites for hydroxylation is 2. The summed E-state index contributed by atoms with van der Waals surface area (Å²) in [4.78, 5) is 0. The maximum Gasteiger partial charge on any atom is 0.0863 e. The predicted molar refractivity (Wildman–Crippen MR) is 80.5 cm³/mol. The van der Waals surface area contributed by atoms with E-state index in [1.54, 1.807) is 0 Å². The van der Waals surface area contributed by atoms with Crippen LogP contribution >= 0.6 is 11.6 Å². The van der Waals surface area contributed by atoms with E-state index in [1.807, 2.05) is 4.68 Å². The van der Waals surface area contributed by atoms with Crippen molar-refractivity contribution in [3.05, 3.63) is 16.4 Å². The molecule has 108 valence electrons. The van der Waals surface area contributed by atoms with E-state index in [0.29, 0.717) is 6.04 Å². The van der Waals surface area contributed by atoms with Crippen LogP contribution in [0.1, 0.15) is 57.8 Å². The van der Waals surface area contributed by atoms with Gasteiger partial charge in [-0.2, -0.15) is 5.10 Å². The Kier molecular flexibility index (Phi) is 5.28. The minimum atomic E-state index is 0.644. The van der Waals surface area contributed by atoms with Crippen molar-refractivity contribution in [3.8, 4) is 0 Å². The molecule has 0 aliphatic heterocycles. The third-order valence-corrected chi connectivity index (χ3v) is 4.63. The Labute approximate surface area is 121 Å². The molecule has 19 heavy (non-hydrogen) atoms. The molecule has 1 aliphatic carbocycles. The Hall–Kier alpha value is -0.540. The molecule has 2 atom stereocenters. The molecule has 1 aromatic rings. The molecular weight excluding hydrogens is 258 g/mol. The summed E-state index contributed by atoms with van der Waals surface area (Å²) in [7, 11) is 0. The lowest BCUT2D eigenvalue weighted by atomic mass is 9.87. The molecule has 2 unspecified atom stereocenters. The van der Waals surface area contributed by atoms with Crippen molar-refractivity contribution in [3.63, 3.8) is 0 Å². The van der Waals surface area contributed by atoms with E-state index in [9.17, 15) is 0 Å². The lowest BCUT2D eigenvalue weighted by Crippen LogP contribution is -2.33. The Morgan fingerprint density at radius 3 is 2.79 bits per heavy atom. The Balaban J connectivity index is 2.00. The van der Waals surface area contributed by atoms with Crippen molar-refractivity contribution in [1.29, 1.82) is 0 Å². The van der Waals surface area contributed by atoms with Crippen molar-refractivity contribution < 1.29 is 0 Å². The first kappa shape index (κ1) is 14.9. The van der Waals surface area contributed by atoms with Gasteiger partial charge in [0.2, 0.25) is 0 Å². The largest absolute Gasteiger partial charge is 0.308 e. The Morgan fingerprint density at radius 2 is 2.16 bits per heavy atom. The highest BCUT2D eigenvalue weighted by Gasteiger charge is 2.20. The first-order valence-electron chi connectivity index (χ1n) is 7.63. The Morgan fingerprint density at radius 1 is 1.37 bits per heavy atom. The van der Waals surface area contributed by atoms with E-state index in [1.165, 1.54) is 25.7 Å². The summed E-state index contributed by atoms with van der Waals surface area (Å²) in [5.74, 6) is 0.851. The first-order chi connectivity index (χ1) is 9.15. The second-order valence-electron chi connectivity index (χ2n) is 5.73. The number of nitrogens with zero attached hydrogens (tertiary/aromatic N) is 2. The van der Waals surface area contributed by atoms with Gasteiger partial charge in [0.25, 0.3) is 0 Å². The summed E-state index contributed by atoms with van der Waals surface area (Å²) in [5.41, 5.74) is 2.18. The van der Waals surface area contributed by atoms with E-state index in [4.69, 9.17) is 11.6 Å². The smallest absolute Gasteiger partial charge is 0.0863 e. The number of hydrogen-bond donors (Lipinski definition) is 1. The quantitative estimate of drug-likeness (QED) is 0.891. The highest BCUT2D eigenvalue weighted by atomic mass is 35.5. The van der Waals surface area contributed by atoms with Crippen LogP contribution in [0.4, 0.5) is 0 Å². The average molecular weight is 284 g/mol. The summed E-state index contributed by atoms with van der Waals surface area (Å²) < 4.78 is 2.04. The molecular formula is C15H26ClN3. The van der Waals surface area contributed by atoms with Crippen molar-refractivity contribution in [2.75, 3.05) is 0 Å². The molecule has 0 aromatic carbocycles. The average Bonchev–Trinajstić information content (AvgIpc) is 2.72. The van der Waals surface area contributed by atoms with Gasteiger partial charge in [-0.25, -0.2) is 0 Å². The molecule has 4 heteroatoms. The van der Waals surface area contributed by atoms with Gasteiger partial charge in [0.05, 0.1) is 16.4 Å². The van der Waals surface area contributed by atoms with Gasteiger partial charge >= 0.3 is 0 Å². The summed E-state index contributed by atoms with van der Waals surface area (Å²) in [6, 6.07) is 0.644. The van der Waals surface area contributed by atoms with Crippen LogP contribution in [0.5, 0.6) is 0 Å². The highest BCUT2D eigenvalue weighted by Crippen LogP contribution is 2.25. The first-order valence-corrected chi connectivity index (χ1v) is 8.00. The van der Waals surface area contributed by atoms with Crippen molar-refractivity contribution in [2.45, 2.75) is 72.0 Å².